The van der Waals surface area contributed by atoms with Crippen LogP contribution in [0, 0.1) is 10.1 Å². The Morgan fingerprint density at radius 1 is 1.29 bits per heavy atom. The molecule has 0 N–H and O–H groups in total. The van der Waals surface area contributed by atoms with Crippen LogP contribution in [0.1, 0.15) is 5.56 Å². The van der Waals surface area contributed by atoms with Gasteiger partial charge in [-0.25, -0.2) is 4.98 Å². The molecule has 1 aliphatic rings. The molecule has 1 aromatic heterocycles. The molecule has 2 aromatic carbocycles. The van der Waals surface area contributed by atoms with Crippen LogP contribution in [-0.4, -0.2) is 32.7 Å². The zero-order chi connectivity index (χ0) is 19.8. The number of carbonyl (C=O) groups excluding carboxylic acids is 1. The molecule has 0 spiro atoms. The topological polar surface area (TPSA) is 98.3 Å². The van der Waals surface area contributed by atoms with Crippen molar-refractivity contribution >= 4 is 39.9 Å². The minimum atomic E-state index is -0.438. The molecular weight excluding hydrogens is 380 g/mol. The molecule has 142 valence electrons. The van der Waals surface area contributed by atoms with E-state index in [1.807, 2.05) is 6.07 Å². The molecule has 9 heteroatoms. The van der Waals surface area contributed by atoms with E-state index >= 15 is 0 Å². The fourth-order valence-electron chi connectivity index (χ4n) is 3.29. The Morgan fingerprint density at radius 2 is 2.07 bits per heavy atom. The maximum Gasteiger partial charge on any atom is 0.269 e. The molecule has 0 radical (unpaired) electrons. The largest absolute Gasteiger partial charge is 0.311 e. The number of benzene rings is 2. The summed E-state index contributed by atoms with van der Waals surface area (Å²) in [6.45, 7) is 0.486. The van der Waals surface area contributed by atoms with Crippen molar-refractivity contribution in [1.82, 2.24) is 9.55 Å². The van der Waals surface area contributed by atoms with Crippen molar-refractivity contribution in [2.45, 2.75) is 11.6 Å². The van der Waals surface area contributed by atoms with E-state index < -0.39 is 4.92 Å². The van der Waals surface area contributed by atoms with Crippen molar-refractivity contribution in [2.24, 2.45) is 7.05 Å². The number of non-ortho nitro benzene ring substituents is 1. The molecule has 0 atom stereocenters. The summed E-state index contributed by atoms with van der Waals surface area (Å²) in [6.07, 6.45) is 0.583. The van der Waals surface area contributed by atoms with E-state index in [0.29, 0.717) is 34.7 Å². The molecule has 1 amide bonds. The Morgan fingerprint density at radius 3 is 2.86 bits per heavy atom. The van der Waals surface area contributed by atoms with E-state index in [9.17, 15) is 19.7 Å². The van der Waals surface area contributed by atoms with Crippen molar-refractivity contribution in [3.8, 4) is 0 Å². The zero-order valence-corrected chi connectivity index (χ0v) is 15.8. The lowest BCUT2D eigenvalue weighted by molar-refractivity contribution is -0.384. The lowest BCUT2D eigenvalue weighted by atomic mass is 10.1. The second kappa shape index (κ2) is 7.08. The number of hydrogen-bond donors (Lipinski definition) is 0. The maximum atomic E-state index is 12.7. The molecule has 4 rings (SSSR count). The summed E-state index contributed by atoms with van der Waals surface area (Å²) in [5.74, 6) is -0.00490. The third-order valence-electron chi connectivity index (χ3n) is 4.74. The molecule has 0 unspecified atom stereocenters. The number of hydrogen-bond acceptors (Lipinski definition) is 6. The van der Waals surface area contributed by atoms with E-state index in [2.05, 4.69) is 4.98 Å². The highest BCUT2D eigenvalue weighted by atomic mass is 32.2. The van der Waals surface area contributed by atoms with Gasteiger partial charge in [0.1, 0.15) is 0 Å². The van der Waals surface area contributed by atoms with Crippen molar-refractivity contribution in [1.29, 1.82) is 0 Å². The number of aromatic nitrogens is 2. The van der Waals surface area contributed by atoms with E-state index in [0.717, 1.165) is 5.56 Å². The third-order valence-corrected chi connectivity index (χ3v) is 5.75. The van der Waals surface area contributed by atoms with Crippen LogP contribution in [0.15, 0.2) is 52.4 Å². The molecule has 0 bridgehead atoms. The number of rotatable bonds is 4. The number of fused-ring (bicyclic) bond motifs is 2. The molecule has 0 fully saturated rings. The molecule has 3 aromatic rings. The SMILES string of the molecule is Cn1c(SCC(=O)N2CCc3cc([N+](=O)[O-])ccc32)nc2ccccc2c1=O. The summed E-state index contributed by atoms with van der Waals surface area (Å²) in [6, 6.07) is 11.6. The van der Waals surface area contributed by atoms with Crippen LogP contribution < -0.4 is 10.5 Å². The summed E-state index contributed by atoms with van der Waals surface area (Å²) >= 11 is 1.21. The third kappa shape index (κ3) is 3.13. The first-order chi connectivity index (χ1) is 13.5. The number of nitro benzene ring substituents is 1. The fraction of sp³-hybridized carbons (Fsp3) is 0.211. The molecular formula is C19H16N4O4S. The van der Waals surface area contributed by atoms with Gasteiger partial charge in [-0.15, -0.1) is 0 Å². The highest BCUT2D eigenvalue weighted by molar-refractivity contribution is 7.99. The van der Waals surface area contributed by atoms with Gasteiger partial charge >= 0.3 is 0 Å². The summed E-state index contributed by atoms with van der Waals surface area (Å²) in [4.78, 5) is 41.8. The number of amides is 1. The summed E-state index contributed by atoms with van der Waals surface area (Å²) < 4.78 is 1.45. The van der Waals surface area contributed by atoms with Gasteiger partial charge in [-0.2, -0.15) is 0 Å². The van der Waals surface area contributed by atoms with Gasteiger partial charge in [0, 0.05) is 31.4 Å². The van der Waals surface area contributed by atoms with Crippen LogP contribution in [-0.2, 0) is 18.3 Å². The van der Waals surface area contributed by atoms with Crippen molar-refractivity contribution in [2.75, 3.05) is 17.2 Å². The highest BCUT2D eigenvalue weighted by Crippen LogP contribution is 2.32. The van der Waals surface area contributed by atoms with Gasteiger partial charge < -0.3 is 4.90 Å². The first-order valence-corrected chi connectivity index (χ1v) is 9.60. The minimum Gasteiger partial charge on any atom is -0.311 e. The van der Waals surface area contributed by atoms with Crippen LogP contribution in [0.4, 0.5) is 11.4 Å². The Bertz CT molecular complexity index is 1170. The Labute approximate surface area is 163 Å². The van der Waals surface area contributed by atoms with E-state index in [-0.39, 0.29) is 22.9 Å². The Hall–Kier alpha value is -3.20. The maximum absolute atomic E-state index is 12.7. The molecule has 1 aliphatic heterocycles. The van der Waals surface area contributed by atoms with Gasteiger partial charge in [-0.3, -0.25) is 24.3 Å². The molecule has 28 heavy (non-hydrogen) atoms. The molecule has 0 saturated carbocycles. The first-order valence-electron chi connectivity index (χ1n) is 8.62. The predicted octanol–water partition coefficient (Wildman–Crippen LogP) is 2.52. The average Bonchev–Trinajstić information content (AvgIpc) is 3.12. The molecule has 2 heterocycles. The first kappa shape index (κ1) is 18.2. The standard InChI is InChI=1S/C19H16N4O4S/c1-21-18(25)14-4-2-3-5-15(14)20-19(21)28-11-17(24)22-9-8-12-10-13(23(26)27)6-7-16(12)22/h2-7,10H,8-9,11H2,1H3. The van der Waals surface area contributed by atoms with E-state index in [1.54, 1.807) is 36.2 Å². The van der Waals surface area contributed by atoms with Crippen LogP contribution in [0.25, 0.3) is 10.9 Å². The van der Waals surface area contributed by atoms with Crippen molar-refractivity contribution < 1.29 is 9.72 Å². The smallest absolute Gasteiger partial charge is 0.269 e. The predicted molar refractivity (Wildman–Crippen MR) is 107 cm³/mol. The van der Waals surface area contributed by atoms with Gasteiger partial charge in [0.2, 0.25) is 5.91 Å². The number of nitrogens with zero attached hydrogens (tertiary/aromatic N) is 4. The summed E-state index contributed by atoms with van der Waals surface area (Å²) in [5, 5.41) is 11.9. The van der Waals surface area contributed by atoms with Crippen LogP contribution in [0.2, 0.25) is 0 Å². The van der Waals surface area contributed by atoms with E-state index in [1.165, 1.54) is 28.5 Å². The molecule has 0 saturated heterocycles. The van der Waals surface area contributed by atoms with Gasteiger partial charge in [0.25, 0.3) is 11.2 Å². The number of anilines is 1. The van der Waals surface area contributed by atoms with Gasteiger partial charge in [-0.05, 0) is 30.2 Å². The highest BCUT2D eigenvalue weighted by Gasteiger charge is 2.26. The second-order valence-electron chi connectivity index (χ2n) is 6.43. The minimum absolute atomic E-state index is 0.0257. The fourth-order valence-corrected chi connectivity index (χ4v) is 4.14. The van der Waals surface area contributed by atoms with Gasteiger partial charge in [0.05, 0.1) is 21.6 Å². The van der Waals surface area contributed by atoms with Gasteiger partial charge in [-0.1, -0.05) is 23.9 Å². The average molecular weight is 396 g/mol. The van der Waals surface area contributed by atoms with Crippen LogP contribution in [0.3, 0.4) is 0 Å². The summed E-state index contributed by atoms with van der Waals surface area (Å²) in [5.41, 5.74) is 1.97. The van der Waals surface area contributed by atoms with Crippen LogP contribution in [0.5, 0.6) is 0 Å². The quantitative estimate of drug-likeness (QED) is 0.291. The number of carbonyl (C=O) groups is 1. The lowest BCUT2D eigenvalue weighted by Crippen LogP contribution is -2.31. The van der Waals surface area contributed by atoms with Crippen molar-refractivity contribution in [3.63, 3.8) is 0 Å². The number of thioether (sulfide) groups is 1. The normalized spacial score (nSPS) is 13.0. The molecule has 0 aliphatic carbocycles. The monoisotopic (exact) mass is 396 g/mol. The van der Waals surface area contributed by atoms with Crippen LogP contribution >= 0.6 is 11.8 Å². The summed E-state index contributed by atoms with van der Waals surface area (Å²) in [7, 11) is 1.64. The Kier molecular flexibility index (Phi) is 4.60. The van der Waals surface area contributed by atoms with E-state index in [4.69, 9.17) is 0 Å². The molecule has 8 nitrogen and oxygen atoms in total. The van der Waals surface area contributed by atoms with Crippen molar-refractivity contribution in [3.05, 3.63) is 68.5 Å². The number of nitro groups is 1. The zero-order valence-electron chi connectivity index (χ0n) is 15.0. The van der Waals surface area contributed by atoms with Gasteiger partial charge in [0.15, 0.2) is 5.16 Å². The second-order valence-corrected chi connectivity index (χ2v) is 7.37. The lowest BCUT2D eigenvalue weighted by Gasteiger charge is -2.17. The Balaban J connectivity index is 1.54. The number of para-hydroxylation sites is 1.